The fourth-order valence-corrected chi connectivity index (χ4v) is 2.43. The smallest absolute Gasteiger partial charge is 0.325 e. The predicted octanol–water partition coefficient (Wildman–Crippen LogP) is -2.03. The van der Waals surface area contributed by atoms with E-state index in [0.29, 0.717) is 5.69 Å². The minimum atomic E-state index is -1.50. The summed E-state index contributed by atoms with van der Waals surface area (Å²) in [4.78, 5) is 66.2. The van der Waals surface area contributed by atoms with Crippen molar-refractivity contribution in [1.29, 1.82) is 0 Å². The van der Waals surface area contributed by atoms with E-state index in [-0.39, 0.29) is 12.3 Å². The van der Waals surface area contributed by atoms with Crippen LogP contribution in [0.5, 0.6) is 0 Å². The van der Waals surface area contributed by atoms with Crippen LogP contribution in [0.2, 0.25) is 0 Å². The second kappa shape index (κ2) is 11.6. The van der Waals surface area contributed by atoms with Crippen LogP contribution in [0.3, 0.4) is 0 Å². The molecule has 31 heavy (non-hydrogen) atoms. The van der Waals surface area contributed by atoms with Gasteiger partial charge in [-0.15, -0.1) is 0 Å². The minimum Gasteiger partial charge on any atom is -0.481 e. The number of rotatable bonds is 12. The Morgan fingerprint density at radius 3 is 2.06 bits per heavy atom. The van der Waals surface area contributed by atoms with Crippen molar-refractivity contribution in [3.63, 3.8) is 0 Å². The molecule has 4 atom stereocenters. The fourth-order valence-electron chi connectivity index (χ4n) is 2.43. The number of hydrogen-bond acceptors (Lipinski definition) is 7. The van der Waals surface area contributed by atoms with Gasteiger partial charge in [0.25, 0.3) is 0 Å². The molecule has 0 aliphatic carbocycles. The van der Waals surface area contributed by atoms with Gasteiger partial charge in [-0.05, 0) is 12.8 Å². The lowest BCUT2D eigenvalue weighted by atomic mass is 10.0. The highest BCUT2D eigenvalue weighted by atomic mass is 16.4. The average Bonchev–Trinajstić information content (AvgIpc) is 3.18. The number of aromatic nitrogens is 2. The SMILES string of the molecule is CC(NC(=O)C(Cc1cnc[nH]1)NC(=O)C(CC(=O)O)NC(=O)C(N)C(C)C)C(=O)O. The predicted molar refractivity (Wildman–Crippen MR) is 106 cm³/mol. The van der Waals surface area contributed by atoms with Crippen LogP contribution < -0.4 is 21.7 Å². The molecule has 0 saturated carbocycles. The molecule has 1 rings (SSSR count). The molecule has 1 aromatic rings. The minimum absolute atomic E-state index is 0.0802. The van der Waals surface area contributed by atoms with Gasteiger partial charge >= 0.3 is 11.9 Å². The van der Waals surface area contributed by atoms with E-state index in [4.69, 9.17) is 15.9 Å². The molecule has 0 bridgehead atoms. The lowest BCUT2D eigenvalue weighted by Gasteiger charge is -2.24. The molecular weight excluding hydrogens is 412 g/mol. The quantitative estimate of drug-likeness (QED) is 0.190. The maximum atomic E-state index is 12.7. The summed E-state index contributed by atoms with van der Waals surface area (Å²) in [6, 6.07) is -4.96. The van der Waals surface area contributed by atoms with Gasteiger partial charge in [0.1, 0.15) is 18.1 Å². The summed E-state index contributed by atoms with van der Waals surface area (Å²) in [5.74, 6) is -5.35. The Kier molecular flexibility index (Phi) is 9.60. The van der Waals surface area contributed by atoms with E-state index >= 15 is 0 Å². The van der Waals surface area contributed by atoms with Gasteiger partial charge in [0.05, 0.1) is 18.8 Å². The standard InChI is InChI=1S/C18H28N6O7/c1-8(2)14(19)17(29)24-12(5-13(25)26)16(28)23-11(4-10-6-20-7-21-10)15(27)22-9(3)18(30)31/h6-9,11-12,14H,4-5,19H2,1-3H3,(H,20,21)(H,22,27)(H,23,28)(H,24,29)(H,25,26)(H,30,31). The zero-order valence-corrected chi connectivity index (χ0v) is 17.4. The molecule has 172 valence electrons. The van der Waals surface area contributed by atoms with Gasteiger partial charge in [0, 0.05) is 18.3 Å². The number of carboxylic acid groups (broad SMARTS) is 2. The maximum Gasteiger partial charge on any atom is 0.325 e. The summed E-state index contributed by atoms with van der Waals surface area (Å²) >= 11 is 0. The summed E-state index contributed by atoms with van der Waals surface area (Å²) in [7, 11) is 0. The van der Waals surface area contributed by atoms with E-state index in [0.717, 1.165) is 0 Å². The van der Waals surface area contributed by atoms with Crippen LogP contribution in [0.4, 0.5) is 0 Å². The van der Waals surface area contributed by atoms with Crippen LogP contribution in [0.15, 0.2) is 12.5 Å². The second-order valence-electron chi connectivity index (χ2n) is 7.34. The topological polar surface area (TPSA) is 217 Å². The Morgan fingerprint density at radius 1 is 1.00 bits per heavy atom. The second-order valence-corrected chi connectivity index (χ2v) is 7.34. The van der Waals surface area contributed by atoms with E-state index in [1.54, 1.807) is 13.8 Å². The third-order valence-electron chi connectivity index (χ3n) is 4.37. The van der Waals surface area contributed by atoms with E-state index in [1.165, 1.54) is 19.4 Å². The van der Waals surface area contributed by atoms with Crippen molar-refractivity contribution in [1.82, 2.24) is 25.9 Å². The highest BCUT2D eigenvalue weighted by Crippen LogP contribution is 2.04. The summed E-state index contributed by atoms with van der Waals surface area (Å²) in [6.07, 6.45) is 1.94. The Labute approximate surface area is 178 Å². The van der Waals surface area contributed by atoms with Crippen LogP contribution >= 0.6 is 0 Å². The molecule has 0 saturated heterocycles. The number of amides is 3. The molecule has 8 N–H and O–H groups in total. The zero-order valence-electron chi connectivity index (χ0n) is 17.4. The van der Waals surface area contributed by atoms with Gasteiger partial charge in [0.2, 0.25) is 17.7 Å². The van der Waals surface area contributed by atoms with Crippen LogP contribution in [0.1, 0.15) is 32.9 Å². The maximum absolute atomic E-state index is 12.7. The van der Waals surface area contributed by atoms with Crippen LogP contribution in [0, 0.1) is 5.92 Å². The van der Waals surface area contributed by atoms with Gasteiger partial charge in [-0.1, -0.05) is 13.8 Å². The molecular formula is C18H28N6O7. The van der Waals surface area contributed by atoms with Crippen molar-refractivity contribution < 1.29 is 34.2 Å². The summed E-state index contributed by atoms with van der Waals surface area (Å²) < 4.78 is 0. The van der Waals surface area contributed by atoms with Gasteiger partial charge in [-0.3, -0.25) is 24.0 Å². The largest absolute Gasteiger partial charge is 0.481 e. The monoisotopic (exact) mass is 440 g/mol. The number of hydrogen-bond donors (Lipinski definition) is 7. The van der Waals surface area contributed by atoms with Gasteiger partial charge < -0.3 is 36.9 Å². The lowest BCUT2D eigenvalue weighted by molar-refractivity contribution is -0.143. The number of carbonyl (C=O) groups excluding carboxylic acids is 3. The van der Waals surface area contributed by atoms with E-state index in [2.05, 4.69) is 25.9 Å². The van der Waals surface area contributed by atoms with Gasteiger partial charge in [-0.25, -0.2) is 4.98 Å². The van der Waals surface area contributed by atoms with Gasteiger partial charge in [0.15, 0.2) is 0 Å². The molecule has 0 fully saturated rings. The average molecular weight is 440 g/mol. The number of nitrogens with one attached hydrogen (secondary N) is 4. The first-order valence-corrected chi connectivity index (χ1v) is 9.50. The van der Waals surface area contributed by atoms with Crippen molar-refractivity contribution >= 4 is 29.7 Å². The number of aromatic amines is 1. The third-order valence-corrected chi connectivity index (χ3v) is 4.37. The van der Waals surface area contributed by atoms with Crippen LogP contribution in [-0.2, 0) is 30.4 Å². The van der Waals surface area contributed by atoms with E-state index in [9.17, 15) is 24.0 Å². The first kappa shape index (κ1) is 25.6. The highest BCUT2D eigenvalue weighted by Gasteiger charge is 2.31. The van der Waals surface area contributed by atoms with E-state index in [1.807, 2.05) is 0 Å². The van der Waals surface area contributed by atoms with Crippen molar-refractivity contribution in [3.8, 4) is 0 Å². The van der Waals surface area contributed by atoms with E-state index < -0.39 is 60.2 Å². The van der Waals surface area contributed by atoms with Gasteiger partial charge in [-0.2, -0.15) is 0 Å². The van der Waals surface area contributed by atoms with Crippen molar-refractivity contribution in [3.05, 3.63) is 18.2 Å². The summed E-state index contributed by atoms with van der Waals surface area (Å²) in [5.41, 5.74) is 6.20. The molecule has 1 heterocycles. The summed E-state index contributed by atoms with van der Waals surface area (Å²) in [6.45, 7) is 4.62. The van der Waals surface area contributed by atoms with Crippen LogP contribution in [0.25, 0.3) is 0 Å². The normalized spacial score (nSPS) is 14.7. The number of H-pyrrole nitrogens is 1. The fraction of sp³-hybridized carbons (Fsp3) is 0.556. The molecule has 0 aromatic carbocycles. The Morgan fingerprint density at radius 2 is 1.58 bits per heavy atom. The van der Waals surface area contributed by atoms with Crippen molar-refractivity contribution in [2.75, 3.05) is 0 Å². The van der Waals surface area contributed by atoms with Crippen molar-refractivity contribution in [2.24, 2.45) is 11.7 Å². The lowest BCUT2D eigenvalue weighted by Crippen LogP contribution is -2.58. The number of carboxylic acids is 2. The highest BCUT2D eigenvalue weighted by molar-refractivity contribution is 5.95. The summed E-state index contributed by atoms with van der Waals surface area (Å²) in [5, 5.41) is 25.0. The Hall–Kier alpha value is -3.48. The van der Waals surface area contributed by atoms with Crippen molar-refractivity contribution in [2.45, 2.75) is 57.8 Å². The number of nitrogens with two attached hydrogens (primary N) is 1. The first-order chi connectivity index (χ1) is 14.4. The molecule has 13 nitrogen and oxygen atoms in total. The molecule has 0 spiro atoms. The Balaban J connectivity index is 3.01. The number of imidazole rings is 1. The molecule has 0 aliphatic heterocycles. The number of aliphatic carboxylic acids is 2. The molecule has 0 radical (unpaired) electrons. The first-order valence-electron chi connectivity index (χ1n) is 9.50. The van der Waals surface area contributed by atoms with Crippen LogP contribution in [-0.4, -0.2) is 74.0 Å². The Bertz CT molecular complexity index is 795. The molecule has 0 aliphatic rings. The molecule has 1 aromatic heterocycles. The zero-order chi connectivity index (χ0) is 23.7. The third kappa shape index (κ3) is 8.42. The molecule has 13 heteroatoms. The number of nitrogens with zero attached hydrogens (tertiary/aromatic N) is 1. The number of carbonyl (C=O) groups is 5. The molecule has 4 unspecified atom stereocenters. The molecule has 3 amide bonds.